The summed E-state index contributed by atoms with van der Waals surface area (Å²) in [5, 5.41) is 4.15. The molecule has 0 aliphatic rings. The quantitative estimate of drug-likeness (QED) is 0.315. The van der Waals surface area contributed by atoms with Crippen molar-refractivity contribution in [2.24, 2.45) is 0 Å². The zero-order chi connectivity index (χ0) is 24.8. The second kappa shape index (κ2) is 12.5. The first-order valence-electron chi connectivity index (χ1n) is 11.6. The van der Waals surface area contributed by atoms with Crippen LogP contribution in [0.15, 0.2) is 40.9 Å². The summed E-state index contributed by atoms with van der Waals surface area (Å²) in [7, 11) is -0.651. The first-order chi connectivity index (χ1) is 15.4. The number of hydrogen-bond donors (Lipinski definition) is 1. The maximum atomic E-state index is 13.0. The van der Waals surface area contributed by atoms with Gasteiger partial charge in [-0.15, -0.1) is 0 Å². The van der Waals surface area contributed by atoms with Gasteiger partial charge in [0.15, 0.2) is 0 Å². The van der Waals surface area contributed by atoms with E-state index in [4.69, 9.17) is 16.3 Å². The van der Waals surface area contributed by atoms with Crippen LogP contribution in [0.5, 0.6) is 0 Å². The van der Waals surface area contributed by atoms with Crippen molar-refractivity contribution in [2.45, 2.75) is 77.9 Å². The molecule has 1 amide bonds. The third-order valence-corrected chi connectivity index (χ3v) is 10.5. The lowest BCUT2D eigenvalue weighted by molar-refractivity contribution is -0.121. The zero-order valence-corrected chi connectivity index (χ0v) is 24.4. The van der Waals surface area contributed by atoms with Gasteiger partial charge in [0.2, 0.25) is 5.91 Å². The Morgan fingerprint density at radius 1 is 1.15 bits per heavy atom. The van der Waals surface area contributed by atoms with E-state index >= 15 is 0 Å². The van der Waals surface area contributed by atoms with E-state index in [2.05, 4.69) is 80.6 Å². The van der Waals surface area contributed by atoms with Crippen molar-refractivity contribution in [3.8, 4) is 0 Å². The number of benzene rings is 2. The fourth-order valence-corrected chi connectivity index (χ4v) is 5.32. The lowest BCUT2D eigenvalue weighted by atomic mass is 9.93. The first kappa shape index (κ1) is 28.1. The van der Waals surface area contributed by atoms with Gasteiger partial charge >= 0.3 is 0 Å². The third kappa shape index (κ3) is 8.54. The number of ether oxygens (including phenoxy) is 1. The standard InChI is InChI=1S/C27H38BrClNO2Si/c1-18(2)21-11-9-12-24(28)23(21)14-20(16-32-17-33(7)27(4,5)6)30-26(31)15-22-19(3)10-8-13-25(22)29/h8-13,18,20H,14-17H2,1-7H3,(H,30,31)/t20-/m1/s1. The summed E-state index contributed by atoms with van der Waals surface area (Å²) in [6.07, 6.45) is 1.74. The molecule has 1 N–H and O–H groups in total. The molecular formula is C27H38BrClNO2Si. The number of nitrogens with one attached hydrogen (secondary N) is 1. The van der Waals surface area contributed by atoms with Gasteiger partial charge in [-0.3, -0.25) is 4.79 Å². The number of halogens is 2. The average molecular weight is 552 g/mol. The molecule has 0 aliphatic carbocycles. The topological polar surface area (TPSA) is 38.3 Å². The molecule has 0 heterocycles. The highest BCUT2D eigenvalue weighted by Gasteiger charge is 2.24. The number of carbonyl (C=O) groups excluding carboxylic acids is 1. The molecular weight excluding hydrogens is 514 g/mol. The number of hydrogen-bond acceptors (Lipinski definition) is 2. The normalized spacial score (nSPS) is 12.9. The number of carbonyl (C=O) groups is 1. The number of rotatable bonds is 10. The van der Waals surface area contributed by atoms with E-state index < -0.39 is 8.80 Å². The molecule has 0 fully saturated rings. The Hall–Kier alpha value is -1.14. The van der Waals surface area contributed by atoms with Crippen molar-refractivity contribution in [1.82, 2.24) is 5.32 Å². The number of aryl methyl sites for hydroxylation is 1. The summed E-state index contributed by atoms with van der Waals surface area (Å²) >= 11 is 10.1. The molecule has 0 aliphatic heterocycles. The molecule has 2 aromatic rings. The Bertz CT molecular complexity index is 922. The van der Waals surface area contributed by atoms with Crippen LogP contribution in [0.2, 0.25) is 16.6 Å². The second-order valence-electron chi connectivity index (χ2n) is 10.2. The Kier molecular flexibility index (Phi) is 10.7. The molecule has 181 valence electrons. The highest BCUT2D eigenvalue weighted by Crippen LogP contribution is 2.29. The van der Waals surface area contributed by atoms with Gasteiger partial charge in [0.05, 0.1) is 27.9 Å². The van der Waals surface area contributed by atoms with Crippen LogP contribution < -0.4 is 5.32 Å². The molecule has 3 nitrogen and oxygen atoms in total. The summed E-state index contributed by atoms with van der Waals surface area (Å²) in [5.41, 5.74) is 4.43. The maximum absolute atomic E-state index is 13.0. The first-order valence-corrected chi connectivity index (χ1v) is 15.0. The van der Waals surface area contributed by atoms with Crippen LogP contribution in [0.25, 0.3) is 0 Å². The van der Waals surface area contributed by atoms with Crippen molar-refractivity contribution in [1.29, 1.82) is 0 Å². The van der Waals surface area contributed by atoms with Gasteiger partial charge in [0, 0.05) is 15.7 Å². The molecule has 2 rings (SSSR count). The van der Waals surface area contributed by atoms with E-state index in [0.29, 0.717) is 24.0 Å². The molecule has 0 saturated carbocycles. The molecule has 1 radical (unpaired) electrons. The van der Waals surface area contributed by atoms with Crippen molar-refractivity contribution in [2.75, 3.05) is 12.8 Å². The van der Waals surface area contributed by atoms with Crippen LogP contribution in [0.3, 0.4) is 0 Å². The number of amides is 1. The molecule has 0 aromatic heterocycles. The smallest absolute Gasteiger partial charge is 0.224 e. The molecule has 0 spiro atoms. The third-order valence-electron chi connectivity index (χ3n) is 6.20. The highest BCUT2D eigenvalue weighted by atomic mass is 79.9. The van der Waals surface area contributed by atoms with Crippen LogP contribution in [-0.4, -0.2) is 33.6 Å². The van der Waals surface area contributed by atoms with Crippen molar-refractivity contribution in [3.05, 3.63) is 68.1 Å². The van der Waals surface area contributed by atoms with E-state index in [1.165, 1.54) is 11.1 Å². The van der Waals surface area contributed by atoms with Crippen LogP contribution in [-0.2, 0) is 22.4 Å². The van der Waals surface area contributed by atoms with Gasteiger partial charge in [-0.1, -0.05) is 93.0 Å². The fraction of sp³-hybridized carbons (Fsp3) is 0.519. The zero-order valence-electron chi connectivity index (χ0n) is 21.0. The second-order valence-corrected chi connectivity index (χ2v) is 14.8. The van der Waals surface area contributed by atoms with E-state index in [0.717, 1.165) is 21.8 Å². The molecule has 0 bridgehead atoms. The monoisotopic (exact) mass is 550 g/mol. The molecule has 2 aromatic carbocycles. The highest BCUT2D eigenvalue weighted by molar-refractivity contribution is 9.10. The Labute approximate surface area is 215 Å². The van der Waals surface area contributed by atoms with Crippen LogP contribution in [0.1, 0.15) is 62.8 Å². The van der Waals surface area contributed by atoms with E-state index in [-0.39, 0.29) is 23.4 Å². The molecule has 33 heavy (non-hydrogen) atoms. The predicted octanol–water partition coefficient (Wildman–Crippen LogP) is 7.28. The van der Waals surface area contributed by atoms with Crippen molar-refractivity contribution < 1.29 is 9.53 Å². The van der Waals surface area contributed by atoms with E-state index in [1.54, 1.807) is 0 Å². The van der Waals surface area contributed by atoms with E-state index in [1.807, 2.05) is 25.1 Å². The Morgan fingerprint density at radius 2 is 1.82 bits per heavy atom. The predicted molar refractivity (Wildman–Crippen MR) is 146 cm³/mol. The fourth-order valence-electron chi connectivity index (χ4n) is 3.63. The van der Waals surface area contributed by atoms with Crippen molar-refractivity contribution >= 4 is 42.2 Å². The SMILES string of the molecule is Cc1cccc(Cl)c1CC(=O)N[C@@H](COC[Si](C)C(C)(C)C)Cc1c(Br)cccc1C(C)C. The lowest BCUT2D eigenvalue weighted by Gasteiger charge is -2.27. The molecule has 1 atom stereocenters. The summed E-state index contributed by atoms with van der Waals surface area (Å²) in [6.45, 7) is 16.0. The maximum Gasteiger partial charge on any atom is 0.224 e. The van der Waals surface area contributed by atoms with Gasteiger partial charge < -0.3 is 10.1 Å². The van der Waals surface area contributed by atoms with Crippen molar-refractivity contribution in [3.63, 3.8) is 0 Å². The summed E-state index contributed by atoms with van der Waals surface area (Å²) in [4.78, 5) is 13.0. The van der Waals surface area contributed by atoms with Crippen LogP contribution in [0, 0.1) is 6.92 Å². The van der Waals surface area contributed by atoms with Gasteiger partial charge in [0.1, 0.15) is 0 Å². The van der Waals surface area contributed by atoms with Crippen LogP contribution >= 0.6 is 27.5 Å². The van der Waals surface area contributed by atoms with Crippen LogP contribution in [0.4, 0.5) is 0 Å². The largest absolute Gasteiger partial charge is 0.383 e. The minimum Gasteiger partial charge on any atom is -0.383 e. The molecule has 0 saturated heterocycles. The summed E-state index contributed by atoms with van der Waals surface area (Å²) < 4.78 is 7.26. The van der Waals surface area contributed by atoms with E-state index in [9.17, 15) is 4.79 Å². The molecule has 0 unspecified atom stereocenters. The Morgan fingerprint density at radius 3 is 2.42 bits per heavy atom. The van der Waals surface area contributed by atoms with Gasteiger partial charge in [-0.25, -0.2) is 0 Å². The van der Waals surface area contributed by atoms with Gasteiger partial charge in [-0.05, 0) is 58.7 Å². The average Bonchev–Trinajstić information content (AvgIpc) is 2.71. The minimum absolute atomic E-state index is 0.0317. The summed E-state index contributed by atoms with van der Waals surface area (Å²) in [6, 6.07) is 11.9. The lowest BCUT2D eigenvalue weighted by Crippen LogP contribution is -2.42. The minimum atomic E-state index is -0.651. The van der Waals surface area contributed by atoms with Gasteiger partial charge in [0.25, 0.3) is 0 Å². The molecule has 6 heteroatoms. The van der Waals surface area contributed by atoms with Gasteiger partial charge in [-0.2, -0.15) is 0 Å². The summed E-state index contributed by atoms with van der Waals surface area (Å²) in [5.74, 6) is 0.364. The Balaban J connectivity index is 2.19.